The number of anilines is 1. The number of aromatic amines is 1. The van der Waals surface area contributed by atoms with E-state index >= 15 is 0 Å². The van der Waals surface area contributed by atoms with E-state index in [0.29, 0.717) is 49.4 Å². The summed E-state index contributed by atoms with van der Waals surface area (Å²) < 4.78 is 2.95. The van der Waals surface area contributed by atoms with Crippen molar-refractivity contribution in [3.63, 3.8) is 0 Å². The van der Waals surface area contributed by atoms with E-state index in [9.17, 15) is 14.4 Å². The first kappa shape index (κ1) is 22.0. The Balaban J connectivity index is 1.65. The van der Waals surface area contributed by atoms with Gasteiger partial charge in [-0.2, -0.15) is 0 Å². The first-order valence-electron chi connectivity index (χ1n) is 11.6. The molecule has 1 fully saturated rings. The van der Waals surface area contributed by atoms with Crippen molar-refractivity contribution in [1.29, 1.82) is 0 Å². The molecule has 0 spiro atoms. The van der Waals surface area contributed by atoms with Gasteiger partial charge in [-0.3, -0.25) is 18.7 Å². The molecule has 1 saturated carbocycles. The van der Waals surface area contributed by atoms with Gasteiger partial charge in [0.25, 0.3) is 5.56 Å². The molecule has 4 rings (SSSR count). The number of imidazole rings is 1. The molecular weight excluding hydrogens is 406 g/mol. The molecule has 0 saturated heterocycles. The maximum Gasteiger partial charge on any atom is 0.332 e. The standard InChI is InChI=1S/C24H31N5O3/c1-3-14-29-23(31)20-22(27-21(26-20)17-7-5-6-8-17)28(24(29)32)15-13-16-9-11-18(12-10-16)25-19(30)4-2/h9-12,17H,3-8,13-15H2,1-2H3,(H,25,30)(H,26,27). The van der Waals surface area contributed by atoms with E-state index in [1.807, 2.05) is 38.1 Å². The summed E-state index contributed by atoms with van der Waals surface area (Å²) >= 11 is 0. The van der Waals surface area contributed by atoms with Crippen molar-refractivity contribution >= 4 is 22.8 Å². The van der Waals surface area contributed by atoms with Gasteiger partial charge in [-0.15, -0.1) is 0 Å². The third-order valence-corrected chi connectivity index (χ3v) is 6.25. The minimum absolute atomic E-state index is 0.0264. The summed E-state index contributed by atoms with van der Waals surface area (Å²) in [5.74, 6) is 1.13. The molecule has 0 aliphatic heterocycles. The van der Waals surface area contributed by atoms with E-state index in [0.717, 1.165) is 29.9 Å². The van der Waals surface area contributed by atoms with Crippen LogP contribution in [0.2, 0.25) is 0 Å². The number of hydrogen-bond donors (Lipinski definition) is 2. The van der Waals surface area contributed by atoms with Gasteiger partial charge in [0.1, 0.15) is 11.3 Å². The lowest BCUT2D eigenvalue weighted by molar-refractivity contribution is -0.115. The number of nitrogens with zero attached hydrogens (tertiary/aromatic N) is 3. The van der Waals surface area contributed by atoms with Gasteiger partial charge in [0.05, 0.1) is 0 Å². The van der Waals surface area contributed by atoms with Crippen molar-refractivity contribution in [3.8, 4) is 0 Å². The Bertz CT molecular complexity index is 1210. The maximum absolute atomic E-state index is 13.2. The zero-order valence-electron chi connectivity index (χ0n) is 18.8. The third kappa shape index (κ3) is 4.40. The van der Waals surface area contributed by atoms with Crippen LogP contribution in [0, 0.1) is 0 Å². The molecule has 0 atom stereocenters. The highest BCUT2D eigenvalue weighted by Crippen LogP contribution is 2.32. The topological polar surface area (TPSA) is 102 Å². The van der Waals surface area contributed by atoms with Gasteiger partial charge in [-0.25, -0.2) is 9.78 Å². The Kier molecular flexibility index (Phi) is 6.58. The fourth-order valence-electron chi connectivity index (χ4n) is 4.44. The average molecular weight is 438 g/mol. The SMILES string of the molecule is CCCn1c(=O)c2[nH]c(C3CCCC3)nc2n(CCc2ccc(NC(=O)CC)cc2)c1=O. The van der Waals surface area contributed by atoms with Crippen molar-refractivity contribution in [2.24, 2.45) is 0 Å². The first-order chi connectivity index (χ1) is 15.5. The Hall–Kier alpha value is -3.16. The average Bonchev–Trinajstić information content (AvgIpc) is 3.48. The van der Waals surface area contributed by atoms with Crippen molar-refractivity contribution in [3.05, 3.63) is 56.5 Å². The van der Waals surface area contributed by atoms with Gasteiger partial charge in [0.15, 0.2) is 5.65 Å². The summed E-state index contributed by atoms with van der Waals surface area (Å²) in [6, 6.07) is 7.63. The van der Waals surface area contributed by atoms with Gasteiger partial charge >= 0.3 is 5.69 Å². The van der Waals surface area contributed by atoms with Crippen LogP contribution < -0.4 is 16.6 Å². The van der Waals surface area contributed by atoms with Crippen LogP contribution in [0.5, 0.6) is 0 Å². The molecule has 1 amide bonds. The Morgan fingerprint density at radius 2 is 1.81 bits per heavy atom. The minimum atomic E-state index is -0.305. The van der Waals surface area contributed by atoms with Crippen LogP contribution in [0.15, 0.2) is 33.9 Å². The molecule has 8 nitrogen and oxygen atoms in total. The molecule has 2 aromatic heterocycles. The second-order valence-corrected chi connectivity index (χ2v) is 8.54. The first-order valence-corrected chi connectivity index (χ1v) is 11.6. The van der Waals surface area contributed by atoms with Crippen LogP contribution in [-0.4, -0.2) is 25.0 Å². The molecule has 1 aromatic carbocycles. The number of nitrogens with one attached hydrogen (secondary N) is 2. The third-order valence-electron chi connectivity index (χ3n) is 6.25. The molecule has 0 radical (unpaired) electrons. The zero-order valence-corrected chi connectivity index (χ0v) is 18.8. The molecule has 2 heterocycles. The summed E-state index contributed by atoms with van der Waals surface area (Å²) in [4.78, 5) is 45.7. The smallest absolute Gasteiger partial charge is 0.332 e. The van der Waals surface area contributed by atoms with Gasteiger partial charge < -0.3 is 10.3 Å². The van der Waals surface area contributed by atoms with Gasteiger partial charge in [-0.05, 0) is 43.4 Å². The van der Waals surface area contributed by atoms with E-state index in [-0.39, 0.29) is 17.2 Å². The van der Waals surface area contributed by atoms with E-state index in [1.165, 1.54) is 17.4 Å². The lowest BCUT2D eigenvalue weighted by Crippen LogP contribution is -2.40. The monoisotopic (exact) mass is 437 g/mol. The minimum Gasteiger partial charge on any atom is -0.336 e. The van der Waals surface area contributed by atoms with E-state index in [4.69, 9.17) is 4.98 Å². The van der Waals surface area contributed by atoms with Crippen LogP contribution in [-0.2, 0) is 24.3 Å². The van der Waals surface area contributed by atoms with Crippen molar-refractivity contribution in [2.45, 2.75) is 77.8 Å². The fraction of sp³-hybridized carbons (Fsp3) is 0.500. The van der Waals surface area contributed by atoms with Crippen LogP contribution >= 0.6 is 0 Å². The molecule has 32 heavy (non-hydrogen) atoms. The highest BCUT2D eigenvalue weighted by molar-refractivity contribution is 5.90. The highest BCUT2D eigenvalue weighted by atomic mass is 16.2. The van der Waals surface area contributed by atoms with Crippen molar-refractivity contribution in [1.82, 2.24) is 19.1 Å². The number of aryl methyl sites for hydroxylation is 2. The predicted molar refractivity (Wildman–Crippen MR) is 125 cm³/mol. The number of H-pyrrole nitrogens is 1. The van der Waals surface area contributed by atoms with Gasteiger partial charge in [-0.1, -0.05) is 38.8 Å². The number of amides is 1. The number of carbonyl (C=O) groups is 1. The Morgan fingerprint density at radius 1 is 1.09 bits per heavy atom. The number of hydrogen-bond acceptors (Lipinski definition) is 4. The van der Waals surface area contributed by atoms with Crippen LogP contribution in [0.1, 0.15) is 69.7 Å². The van der Waals surface area contributed by atoms with Crippen molar-refractivity contribution < 1.29 is 4.79 Å². The summed E-state index contributed by atoms with van der Waals surface area (Å²) in [5, 5.41) is 2.84. The lowest BCUT2D eigenvalue weighted by Gasteiger charge is -2.11. The highest BCUT2D eigenvalue weighted by Gasteiger charge is 2.23. The summed E-state index contributed by atoms with van der Waals surface area (Å²) in [5.41, 5.74) is 2.10. The normalized spacial score (nSPS) is 14.3. The van der Waals surface area contributed by atoms with E-state index < -0.39 is 0 Å². The zero-order chi connectivity index (χ0) is 22.7. The summed E-state index contributed by atoms with van der Waals surface area (Å²) in [6.45, 7) is 4.58. The van der Waals surface area contributed by atoms with E-state index in [2.05, 4.69) is 10.3 Å². The molecule has 2 N–H and O–H groups in total. The lowest BCUT2D eigenvalue weighted by atomic mass is 10.1. The molecule has 1 aliphatic carbocycles. The molecular formula is C24H31N5O3. The van der Waals surface area contributed by atoms with Gasteiger partial charge in [0, 0.05) is 31.1 Å². The number of aromatic nitrogens is 4. The molecule has 3 aromatic rings. The molecule has 1 aliphatic rings. The fourth-order valence-corrected chi connectivity index (χ4v) is 4.44. The molecule has 8 heteroatoms. The van der Waals surface area contributed by atoms with Crippen LogP contribution in [0.25, 0.3) is 11.2 Å². The molecule has 170 valence electrons. The largest absolute Gasteiger partial charge is 0.336 e. The second kappa shape index (κ2) is 9.54. The number of rotatable bonds is 8. The van der Waals surface area contributed by atoms with Crippen LogP contribution in [0.3, 0.4) is 0 Å². The van der Waals surface area contributed by atoms with E-state index in [1.54, 1.807) is 4.57 Å². The molecule has 0 unspecified atom stereocenters. The number of carbonyl (C=O) groups excluding carboxylic acids is 1. The quantitative estimate of drug-likeness (QED) is 0.563. The number of benzene rings is 1. The predicted octanol–water partition coefficient (Wildman–Crippen LogP) is 3.55. The van der Waals surface area contributed by atoms with Gasteiger partial charge in [0.2, 0.25) is 5.91 Å². The Morgan fingerprint density at radius 3 is 2.47 bits per heavy atom. The van der Waals surface area contributed by atoms with Crippen molar-refractivity contribution in [2.75, 3.05) is 5.32 Å². The number of fused-ring (bicyclic) bond motifs is 1. The van der Waals surface area contributed by atoms with Crippen LogP contribution in [0.4, 0.5) is 5.69 Å². The second-order valence-electron chi connectivity index (χ2n) is 8.54. The summed E-state index contributed by atoms with van der Waals surface area (Å²) in [7, 11) is 0. The maximum atomic E-state index is 13.2. The Labute approximate surface area is 186 Å². The molecule has 0 bridgehead atoms. The summed E-state index contributed by atoms with van der Waals surface area (Å²) in [6.07, 6.45) is 6.22.